The molecule has 140 valence electrons. The average Bonchev–Trinajstić information content (AvgIpc) is 2.63. The maximum absolute atomic E-state index is 12.5. The maximum atomic E-state index is 12.5. The standard InChI is InChI=1S/C16H26N4O4S/c1-4-19(5-2)25(22,23)20-12-10-18(11-13-20)16(21)17-14-8-6-7-9-15(14)24-3/h6-9H,4-5,10-13H2,1-3H3,(H,17,21). The number of ether oxygens (including phenoxy) is 1. The summed E-state index contributed by atoms with van der Waals surface area (Å²) in [6, 6.07) is 6.91. The molecule has 0 radical (unpaired) electrons. The average molecular weight is 370 g/mol. The lowest BCUT2D eigenvalue weighted by atomic mass is 10.3. The van der Waals surface area contributed by atoms with Crippen molar-refractivity contribution in [2.45, 2.75) is 13.8 Å². The van der Waals surface area contributed by atoms with Crippen LogP contribution in [0.2, 0.25) is 0 Å². The van der Waals surface area contributed by atoms with E-state index in [0.717, 1.165) is 0 Å². The first-order valence-corrected chi connectivity index (χ1v) is 9.77. The van der Waals surface area contributed by atoms with Crippen LogP contribution in [-0.4, -0.2) is 74.3 Å². The minimum Gasteiger partial charge on any atom is -0.495 e. The molecule has 0 unspecified atom stereocenters. The Morgan fingerprint density at radius 1 is 1.16 bits per heavy atom. The van der Waals surface area contributed by atoms with Crippen molar-refractivity contribution in [1.29, 1.82) is 0 Å². The number of benzene rings is 1. The first-order chi connectivity index (χ1) is 11.9. The number of para-hydroxylation sites is 2. The molecule has 25 heavy (non-hydrogen) atoms. The van der Waals surface area contributed by atoms with E-state index >= 15 is 0 Å². The molecule has 1 aliphatic heterocycles. The Hall–Kier alpha value is -1.84. The van der Waals surface area contributed by atoms with Gasteiger partial charge in [0.2, 0.25) is 0 Å². The number of anilines is 1. The number of carbonyl (C=O) groups is 1. The second kappa shape index (κ2) is 8.50. The Morgan fingerprint density at radius 2 is 1.76 bits per heavy atom. The summed E-state index contributed by atoms with van der Waals surface area (Å²) >= 11 is 0. The normalized spacial score (nSPS) is 16.1. The maximum Gasteiger partial charge on any atom is 0.322 e. The highest BCUT2D eigenvalue weighted by Gasteiger charge is 2.32. The molecule has 0 atom stereocenters. The van der Waals surface area contributed by atoms with E-state index < -0.39 is 10.2 Å². The topological polar surface area (TPSA) is 82.2 Å². The number of carbonyl (C=O) groups excluding carboxylic acids is 1. The molecule has 1 N–H and O–H groups in total. The number of nitrogens with one attached hydrogen (secondary N) is 1. The van der Waals surface area contributed by atoms with Crippen LogP contribution < -0.4 is 10.1 Å². The zero-order valence-corrected chi connectivity index (χ0v) is 15.8. The fraction of sp³-hybridized carbons (Fsp3) is 0.562. The van der Waals surface area contributed by atoms with Crippen LogP contribution in [0.15, 0.2) is 24.3 Å². The van der Waals surface area contributed by atoms with Gasteiger partial charge in [0.15, 0.2) is 0 Å². The van der Waals surface area contributed by atoms with E-state index in [1.807, 2.05) is 26.0 Å². The third-order valence-corrected chi connectivity index (χ3v) is 6.42. The van der Waals surface area contributed by atoms with Crippen molar-refractivity contribution in [3.05, 3.63) is 24.3 Å². The molecule has 0 spiro atoms. The SMILES string of the molecule is CCN(CC)S(=O)(=O)N1CCN(C(=O)Nc2ccccc2OC)CC1. The molecular weight excluding hydrogens is 344 g/mol. The van der Waals surface area contributed by atoms with Gasteiger partial charge in [0.25, 0.3) is 10.2 Å². The molecular formula is C16H26N4O4S. The fourth-order valence-corrected chi connectivity index (χ4v) is 4.38. The van der Waals surface area contributed by atoms with E-state index in [2.05, 4.69) is 5.32 Å². The molecule has 0 aliphatic carbocycles. The van der Waals surface area contributed by atoms with Gasteiger partial charge in [0, 0.05) is 39.3 Å². The Morgan fingerprint density at radius 3 is 2.32 bits per heavy atom. The highest BCUT2D eigenvalue weighted by molar-refractivity contribution is 7.86. The quantitative estimate of drug-likeness (QED) is 0.821. The van der Waals surface area contributed by atoms with Gasteiger partial charge in [-0.15, -0.1) is 0 Å². The van der Waals surface area contributed by atoms with Crippen LogP contribution in [-0.2, 0) is 10.2 Å². The molecule has 0 saturated carbocycles. The van der Waals surface area contributed by atoms with Crippen LogP contribution in [0.4, 0.5) is 10.5 Å². The number of urea groups is 1. The molecule has 1 aromatic carbocycles. The van der Waals surface area contributed by atoms with Gasteiger partial charge in [0.1, 0.15) is 5.75 Å². The van der Waals surface area contributed by atoms with Crippen LogP contribution in [0.5, 0.6) is 5.75 Å². The van der Waals surface area contributed by atoms with Crippen molar-refractivity contribution in [1.82, 2.24) is 13.5 Å². The van der Waals surface area contributed by atoms with Gasteiger partial charge in [-0.3, -0.25) is 0 Å². The van der Waals surface area contributed by atoms with Gasteiger partial charge < -0.3 is 15.0 Å². The van der Waals surface area contributed by atoms with E-state index in [4.69, 9.17) is 4.74 Å². The van der Waals surface area contributed by atoms with E-state index in [-0.39, 0.29) is 19.1 Å². The number of rotatable bonds is 6. The minimum absolute atomic E-state index is 0.260. The molecule has 2 amide bonds. The minimum atomic E-state index is -3.45. The Kier molecular flexibility index (Phi) is 6.63. The van der Waals surface area contributed by atoms with Gasteiger partial charge in [-0.1, -0.05) is 26.0 Å². The molecule has 0 bridgehead atoms. The van der Waals surface area contributed by atoms with E-state index in [9.17, 15) is 13.2 Å². The summed E-state index contributed by atoms with van der Waals surface area (Å²) in [5, 5.41) is 2.81. The van der Waals surface area contributed by atoms with Gasteiger partial charge >= 0.3 is 6.03 Å². The lowest BCUT2D eigenvalue weighted by Crippen LogP contribution is -2.54. The zero-order valence-electron chi connectivity index (χ0n) is 14.9. The van der Waals surface area contributed by atoms with Crippen molar-refractivity contribution in [2.24, 2.45) is 0 Å². The van der Waals surface area contributed by atoms with Crippen molar-refractivity contribution in [3.8, 4) is 5.75 Å². The Bertz CT molecular complexity index is 683. The van der Waals surface area contributed by atoms with Crippen LogP contribution in [0.25, 0.3) is 0 Å². The Labute approximate surface area is 149 Å². The van der Waals surface area contributed by atoms with Crippen molar-refractivity contribution in [3.63, 3.8) is 0 Å². The largest absolute Gasteiger partial charge is 0.495 e. The second-order valence-corrected chi connectivity index (χ2v) is 7.54. The lowest BCUT2D eigenvalue weighted by Gasteiger charge is -2.36. The summed E-state index contributed by atoms with van der Waals surface area (Å²) < 4.78 is 33.1. The van der Waals surface area contributed by atoms with Crippen LogP contribution in [0.3, 0.4) is 0 Å². The zero-order chi connectivity index (χ0) is 18.4. The molecule has 9 heteroatoms. The molecule has 0 aromatic heterocycles. The third-order valence-electron chi connectivity index (χ3n) is 4.23. The number of hydrogen-bond acceptors (Lipinski definition) is 4. The number of hydrogen-bond donors (Lipinski definition) is 1. The summed E-state index contributed by atoms with van der Waals surface area (Å²) in [7, 11) is -1.91. The summed E-state index contributed by atoms with van der Waals surface area (Å²) in [6.45, 7) is 5.79. The lowest BCUT2D eigenvalue weighted by molar-refractivity contribution is 0.181. The van der Waals surface area contributed by atoms with Crippen molar-refractivity contribution >= 4 is 21.9 Å². The van der Waals surface area contributed by atoms with Gasteiger partial charge in [-0.25, -0.2) is 4.79 Å². The van der Waals surface area contributed by atoms with Gasteiger partial charge in [0.05, 0.1) is 12.8 Å². The van der Waals surface area contributed by atoms with Gasteiger partial charge in [-0.2, -0.15) is 17.0 Å². The summed E-state index contributed by atoms with van der Waals surface area (Å²) in [4.78, 5) is 14.0. The smallest absolute Gasteiger partial charge is 0.322 e. The van der Waals surface area contributed by atoms with Crippen LogP contribution >= 0.6 is 0 Å². The van der Waals surface area contributed by atoms with Crippen LogP contribution in [0, 0.1) is 0 Å². The van der Waals surface area contributed by atoms with E-state index in [0.29, 0.717) is 37.6 Å². The molecule has 2 rings (SSSR count). The number of nitrogens with zero attached hydrogens (tertiary/aromatic N) is 3. The molecule has 8 nitrogen and oxygen atoms in total. The van der Waals surface area contributed by atoms with E-state index in [1.54, 1.807) is 24.1 Å². The summed E-state index contributed by atoms with van der Waals surface area (Å²) in [5.74, 6) is 0.582. The summed E-state index contributed by atoms with van der Waals surface area (Å²) in [5.41, 5.74) is 0.591. The van der Waals surface area contributed by atoms with Crippen molar-refractivity contribution in [2.75, 3.05) is 51.7 Å². The predicted octanol–water partition coefficient (Wildman–Crippen LogP) is 1.43. The first-order valence-electron chi connectivity index (χ1n) is 8.38. The molecule has 1 fully saturated rings. The number of piperazine rings is 1. The fourth-order valence-electron chi connectivity index (χ4n) is 2.78. The second-order valence-electron chi connectivity index (χ2n) is 5.61. The highest BCUT2D eigenvalue weighted by atomic mass is 32.2. The monoisotopic (exact) mass is 370 g/mol. The summed E-state index contributed by atoms with van der Waals surface area (Å²) in [6.07, 6.45) is 0. The van der Waals surface area contributed by atoms with Crippen LogP contribution in [0.1, 0.15) is 13.8 Å². The third kappa shape index (κ3) is 4.42. The molecule has 1 aliphatic rings. The van der Waals surface area contributed by atoms with Crippen molar-refractivity contribution < 1.29 is 17.9 Å². The highest BCUT2D eigenvalue weighted by Crippen LogP contribution is 2.23. The van der Waals surface area contributed by atoms with Gasteiger partial charge in [-0.05, 0) is 12.1 Å². The molecule has 1 aromatic rings. The predicted molar refractivity (Wildman–Crippen MR) is 97.0 cm³/mol. The van der Waals surface area contributed by atoms with E-state index in [1.165, 1.54) is 8.61 Å². The first kappa shape index (κ1) is 19.5. The molecule has 1 heterocycles. The number of amides is 2. The molecule has 1 saturated heterocycles. The number of methoxy groups -OCH3 is 1. The Balaban J connectivity index is 1.96.